The van der Waals surface area contributed by atoms with Crippen LogP contribution >= 0.6 is 11.3 Å². The van der Waals surface area contributed by atoms with Crippen LogP contribution < -0.4 is 0 Å². The van der Waals surface area contributed by atoms with Crippen LogP contribution in [-0.2, 0) is 4.79 Å². The summed E-state index contributed by atoms with van der Waals surface area (Å²) >= 11 is 1.78. The number of rotatable bonds is 6. The molecule has 1 unspecified atom stereocenters. The molecule has 0 amide bonds. The van der Waals surface area contributed by atoms with E-state index in [1.54, 1.807) is 11.3 Å². The summed E-state index contributed by atoms with van der Waals surface area (Å²) in [4.78, 5) is 14.9. The van der Waals surface area contributed by atoms with Gasteiger partial charge in [-0.25, -0.2) is 0 Å². The first-order chi connectivity index (χ1) is 9.25. The molecule has 0 spiro atoms. The van der Waals surface area contributed by atoms with Gasteiger partial charge in [0.15, 0.2) is 0 Å². The Morgan fingerprint density at radius 2 is 2.11 bits per heavy atom. The van der Waals surface area contributed by atoms with Gasteiger partial charge in [-0.3, -0.25) is 9.69 Å². The highest BCUT2D eigenvalue weighted by atomic mass is 32.1. The molecular weight excluding hydrogens is 258 g/mol. The molecule has 1 atom stereocenters. The third kappa shape index (κ3) is 3.00. The molecule has 2 fully saturated rings. The Morgan fingerprint density at radius 3 is 2.63 bits per heavy atom. The first-order valence-electron chi connectivity index (χ1n) is 7.26. The molecule has 0 saturated heterocycles. The number of carboxylic acids is 1. The Kier molecular flexibility index (Phi) is 3.89. The molecule has 1 aromatic heterocycles. The van der Waals surface area contributed by atoms with Crippen LogP contribution in [0.1, 0.15) is 49.4 Å². The van der Waals surface area contributed by atoms with Crippen LogP contribution in [0.5, 0.6) is 0 Å². The largest absolute Gasteiger partial charge is 0.480 e. The second kappa shape index (κ2) is 5.63. The van der Waals surface area contributed by atoms with Crippen molar-refractivity contribution in [1.29, 1.82) is 0 Å². The maximum Gasteiger partial charge on any atom is 0.317 e. The van der Waals surface area contributed by atoms with Crippen molar-refractivity contribution in [1.82, 2.24) is 4.90 Å². The van der Waals surface area contributed by atoms with E-state index in [1.807, 2.05) is 0 Å². The van der Waals surface area contributed by atoms with Gasteiger partial charge >= 0.3 is 5.97 Å². The molecule has 1 aromatic rings. The van der Waals surface area contributed by atoms with E-state index in [9.17, 15) is 9.90 Å². The highest BCUT2D eigenvalue weighted by molar-refractivity contribution is 7.10. The molecule has 2 saturated carbocycles. The lowest BCUT2D eigenvalue weighted by molar-refractivity contribution is -0.139. The Morgan fingerprint density at radius 1 is 1.37 bits per heavy atom. The molecule has 19 heavy (non-hydrogen) atoms. The van der Waals surface area contributed by atoms with Crippen molar-refractivity contribution >= 4 is 17.3 Å². The van der Waals surface area contributed by atoms with E-state index in [4.69, 9.17) is 0 Å². The summed E-state index contributed by atoms with van der Waals surface area (Å²) in [6.45, 7) is 0.198. The number of aliphatic carboxylic acids is 1. The minimum absolute atomic E-state index is 0.198. The van der Waals surface area contributed by atoms with Crippen molar-refractivity contribution in [3.05, 3.63) is 22.4 Å². The van der Waals surface area contributed by atoms with Crippen LogP contribution in [-0.4, -0.2) is 28.6 Å². The topological polar surface area (TPSA) is 40.5 Å². The molecule has 0 aromatic carbocycles. The molecule has 0 radical (unpaired) electrons. The quantitative estimate of drug-likeness (QED) is 0.866. The summed E-state index contributed by atoms with van der Waals surface area (Å²) in [7, 11) is 0. The van der Waals surface area contributed by atoms with Crippen molar-refractivity contribution in [2.45, 2.75) is 50.6 Å². The summed E-state index contributed by atoms with van der Waals surface area (Å²) in [6.07, 6.45) is 7.35. The van der Waals surface area contributed by atoms with Crippen LogP contribution in [0.4, 0.5) is 0 Å². The molecule has 3 nitrogen and oxygen atoms in total. The number of carbonyl (C=O) groups is 1. The highest BCUT2D eigenvalue weighted by Gasteiger charge is 2.40. The number of thiophene rings is 1. The van der Waals surface area contributed by atoms with Crippen LogP contribution in [0, 0.1) is 5.92 Å². The number of nitrogens with zero attached hydrogens (tertiary/aromatic N) is 1. The standard InChI is InChI=1S/C15H21NO2S/c17-14(18)10-16(12-4-1-2-5-12)15(11-7-8-11)13-6-3-9-19-13/h3,6,9,11-12,15H,1-2,4-5,7-8,10H2,(H,17,18). The SMILES string of the molecule is O=C(O)CN(C1CCCC1)C(c1cccs1)C1CC1. The van der Waals surface area contributed by atoms with Crippen molar-refractivity contribution in [2.75, 3.05) is 6.54 Å². The fraction of sp³-hybridized carbons (Fsp3) is 0.667. The third-order valence-electron chi connectivity index (χ3n) is 4.37. The Labute approximate surface area is 118 Å². The second-order valence-electron chi connectivity index (χ2n) is 5.80. The smallest absolute Gasteiger partial charge is 0.317 e. The summed E-state index contributed by atoms with van der Waals surface area (Å²) < 4.78 is 0. The van der Waals surface area contributed by atoms with E-state index < -0.39 is 5.97 Å². The fourth-order valence-corrected chi connectivity index (χ4v) is 4.32. The number of hydrogen-bond acceptors (Lipinski definition) is 3. The van der Waals surface area contributed by atoms with E-state index in [-0.39, 0.29) is 6.54 Å². The van der Waals surface area contributed by atoms with Gasteiger partial charge in [-0.15, -0.1) is 11.3 Å². The highest BCUT2D eigenvalue weighted by Crippen LogP contribution is 2.47. The monoisotopic (exact) mass is 279 g/mol. The van der Waals surface area contributed by atoms with E-state index in [1.165, 1.54) is 43.4 Å². The van der Waals surface area contributed by atoms with Gasteiger partial charge in [0.2, 0.25) is 0 Å². The molecular formula is C15H21NO2S. The van der Waals surface area contributed by atoms with Crippen molar-refractivity contribution in [2.24, 2.45) is 5.92 Å². The first kappa shape index (κ1) is 13.1. The number of carboxylic acid groups (broad SMARTS) is 1. The number of hydrogen-bond donors (Lipinski definition) is 1. The minimum atomic E-state index is -0.686. The Balaban J connectivity index is 1.84. The summed E-state index contributed by atoms with van der Waals surface area (Å²) in [6, 6.07) is 5.09. The van der Waals surface area contributed by atoms with Gasteiger partial charge in [0.25, 0.3) is 0 Å². The molecule has 4 heteroatoms. The summed E-state index contributed by atoms with van der Waals surface area (Å²) in [5, 5.41) is 11.4. The molecule has 1 N–H and O–H groups in total. The molecule has 0 bridgehead atoms. The van der Waals surface area contributed by atoms with E-state index in [0.29, 0.717) is 18.0 Å². The molecule has 1 heterocycles. The van der Waals surface area contributed by atoms with Gasteiger partial charge < -0.3 is 5.11 Å². The lowest BCUT2D eigenvalue weighted by Gasteiger charge is -2.35. The normalized spacial score (nSPS) is 21.9. The lowest BCUT2D eigenvalue weighted by Crippen LogP contribution is -2.41. The van der Waals surface area contributed by atoms with Crippen LogP contribution in [0.3, 0.4) is 0 Å². The average molecular weight is 279 g/mol. The molecule has 0 aliphatic heterocycles. The van der Waals surface area contributed by atoms with Gasteiger partial charge in [0.1, 0.15) is 0 Å². The average Bonchev–Trinajstić information content (AvgIpc) is 2.88. The maximum atomic E-state index is 11.2. The predicted octanol–water partition coefficient (Wildman–Crippen LogP) is 3.53. The fourth-order valence-electron chi connectivity index (χ4n) is 3.38. The van der Waals surface area contributed by atoms with Crippen molar-refractivity contribution in [3.8, 4) is 0 Å². The zero-order chi connectivity index (χ0) is 13.2. The van der Waals surface area contributed by atoms with Crippen molar-refractivity contribution < 1.29 is 9.90 Å². The van der Waals surface area contributed by atoms with E-state index >= 15 is 0 Å². The van der Waals surface area contributed by atoms with Gasteiger partial charge in [-0.1, -0.05) is 18.9 Å². The van der Waals surface area contributed by atoms with Gasteiger partial charge in [-0.2, -0.15) is 0 Å². The van der Waals surface area contributed by atoms with Gasteiger partial charge in [0, 0.05) is 17.0 Å². The minimum Gasteiger partial charge on any atom is -0.480 e. The van der Waals surface area contributed by atoms with Crippen LogP contribution in [0.2, 0.25) is 0 Å². The van der Waals surface area contributed by atoms with Crippen molar-refractivity contribution in [3.63, 3.8) is 0 Å². The van der Waals surface area contributed by atoms with Crippen LogP contribution in [0.25, 0.3) is 0 Å². The van der Waals surface area contributed by atoms with E-state index in [2.05, 4.69) is 22.4 Å². The third-order valence-corrected chi connectivity index (χ3v) is 5.32. The lowest BCUT2D eigenvalue weighted by atomic mass is 10.0. The Bertz CT molecular complexity index is 421. The molecule has 2 aliphatic rings. The second-order valence-corrected chi connectivity index (χ2v) is 6.78. The Hall–Kier alpha value is -0.870. The maximum absolute atomic E-state index is 11.2. The zero-order valence-electron chi connectivity index (χ0n) is 11.1. The van der Waals surface area contributed by atoms with Gasteiger partial charge in [0.05, 0.1) is 6.54 Å². The molecule has 104 valence electrons. The molecule has 2 aliphatic carbocycles. The summed E-state index contributed by atoms with van der Waals surface area (Å²) in [5.41, 5.74) is 0. The summed E-state index contributed by atoms with van der Waals surface area (Å²) in [5.74, 6) is -0.00675. The first-order valence-corrected chi connectivity index (χ1v) is 8.14. The zero-order valence-corrected chi connectivity index (χ0v) is 11.9. The molecule has 3 rings (SSSR count). The van der Waals surface area contributed by atoms with Gasteiger partial charge in [-0.05, 0) is 43.0 Å². The predicted molar refractivity (Wildman–Crippen MR) is 76.4 cm³/mol. The van der Waals surface area contributed by atoms with Crippen LogP contribution in [0.15, 0.2) is 17.5 Å². The van der Waals surface area contributed by atoms with E-state index in [0.717, 1.165) is 0 Å².